The summed E-state index contributed by atoms with van der Waals surface area (Å²) in [6.45, 7) is 2.90. The number of nitrogens with zero attached hydrogens (tertiary/aromatic N) is 4. The maximum absolute atomic E-state index is 12.4. The molecule has 3 aromatic rings. The monoisotopic (exact) mass is 494 g/mol. The summed E-state index contributed by atoms with van der Waals surface area (Å²) in [7, 11) is 2.17. The molecule has 5 rings (SSSR count). The van der Waals surface area contributed by atoms with Crippen LogP contribution in [0.1, 0.15) is 38.5 Å². The molecule has 1 aliphatic heterocycles. The molecule has 0 spiro atoms. The SMILES string of the molecule is CN(Cc1nccs1)C1CCN(c2ccc(NC(=O)Nc3ccc(OC4CCCC4)nc3)cc2)C1.[HH]. The van der Waals surface area contributed by atoms with Crippen LogP contribution in [0.25, 0.3) is 0 Å². The predicted octanol–water partition coefficient (Wildman–Crippen LogP) is 5.46. The van der Waals surface area contributed by atoms with Crippen LogP contribution in [0.4, 0.5) is 21.9 Å². The molecule has 1 aromatic carbocycles. The normalized spacial score (nSPS) is 18.2. The number of benzene rings is 1. The minimum absolute atomic E-state index is 0. The Morgan fingerprint density at radius 1 is 1.11 bits per heavy atom. The third-order valence-electron chi connectivity index (χ3n) is 6.73. The second-order valence-corrected chi connectivity index (χ2v) is 10.2. The van der Waals surface area contributed by atoms with Gasteiger partial charge in [-0.25, -0.2) is 14.8 Å². The number of carbonyl (C=O) groups excluding carboxylic acids is 1. The van der Waals surface area contributed by atoms with E-state index in [-0.39, 0.29) is 13.6 Å². The number of amides is 2. The van der Waals surface area contributed by atoms with Crippen LogP contribution in [-0.4, -0.2) is 53.2 Å². The first kappa shape index (κ1) is 23.6. The first-order valence-electron chi connectivity index (χ1n) is 12.3. The fourth-order valence-corrected chi connectivity index (χ4v) is 5.44. The molecule has 35 heavy (non-hydrogen) atoms. The van der Waals surface area contributed by atoms with Gasteiger partial charge in [-0.3, -0.25) is 4.90 Å². The molecule has 3 heterocycles. The molecular weight excluding hydrogens is 460 g/mol. The Kier molecular flexibility index (Phi) is 7.44. The standard InChI is InChI=1S/C26H32N6O2S.H2/c1-31(18-25-27-13-15-35-25)22-12-14-32(17-22)21-9-6-19(7-10-21)29-26(33)30-20-8-11-24(28-16-20)34-23-4-2-3-5-23;/h6-11,13,15-16,22-23H,2-5,12,14,17-18H2,1H3,(H2,29,30,33);1H. The van der Waals surface area contributed by atoms with Gasteiger partial charge in [0.2, 0.25) is 5.88 Å². The molecule has 1 saturated heterocycles. The maximum atomic E-state index is 12.4. The summed E-state index contributed by atoms with van der Waals surface area (Å²) in [4.78, 5) is 25.9. The summed E-state index contributed by atoms with van der Waals surface area (Å²) in [5, 5.41) is 8.90. The molecule has 2 aliphatic rings. The van der Waals surface area contributed by atoms with Crippen molar-refractivity contribution in [1.29, 1.82) is 0 Å². The van der Waals surface area contributed by atoms with Gasteiger partial charge in [-0.1, -0.05) is 0 Å². The van der Waals surface area contributed by atoms with Crippen LogP contribution in [0.5, 0.6) is 5.88 Å². The molecule has 1 atom stereocenters. The molecule has 2 fully saturated rings. The minimum Gasteiger partial charge on any atom is -0.474 e. The van der Waals surface area contributed by atoms with Gasteiger partial charge in [0.25, 0.3) is 0 Å². The van der Waals surface area contributed by atoms with Crippen LogP contribution in [-0.2, 0) is 6.54 Å². The van der Waals surface area contributed by atoms with Crippen molar-refractivity contribution in [3.8, 4) is 5.88 Å². The lowest BCUT2D eigenvalue weighted by molar-refractivity contribution is 0.201. The van der Waals surface area contributed by atoms with E-state index in [2.05, 4.69) is 49.6 Å². The van der Waals surface area contributed by atoms with E-state index in [1.807, 2.05) is 29.8 Å². The van der Waals surface area contributed by atoms with Crippen molar-refractivity contribution in [2.75, 3.05) is 35.7 Å². The van der Waals surface area contributed by atoms with Gasteiger partial charge in [0, 0.05) is 49.6 Å². The molecular formula is C26H34N6O2S. The highest BCUT2D eigenvalue weighted by atomic mass is 32.1. The van der Waals surface area contributed by atoms with Gasteiger partial charge in [-0.2, -0.15) is 0 Å². The summed E-state index contributed by atoms with van der Waals surface area (Å²) < 4.78 is 5.88. The topological polar surface area (TPSA) is 82.6 Å². The van der Waals surface area contributed by atoms with Crippen LogP contribution in [0.2, 0.25) is 0 Å². The van der Waals surface area contributed by atoms with Crippen LogP contribution in [0, 0.1) is 0 Å². The molecule has 2 amide bonds. The fraction of sp³-hybridized carbons (Fsp3) is 0.423. The van der Waals surface area contributed by atoms with Crippen LogP contribution < -0.4 is 20.3 Å². The Morgan fingerprint density at radius 3 is 2.60 bits per heavy atom. The van der Waals surface area contributed by atoms with Gasteiger partial charge >= 0.3 is 6.03 Å². The van der Waals surface area contributed by atoms with Crippen LogP contribution >= 0.6 is 11.3 Å². The number of thiazole rings is 1. The number of rotatable bonds is 8. The maximum Gasteiger partial charge on any atom is 0.323 e. The summed E-state index contributed by atoms with van der Waals surface area (Å²) in [5.74, 6) is 0.608. The van der Waals surface area contributed by atoms with Gasteiger partial charge < -0.3 is 20.3 Å². The number of anilines is 3. The molecule has 186 valence electrons. The lowest BCUT2D eigenvalue weighted by Crippen LogP contribution is -2.34. The Labute approximate surface area is 211 Å². The molecule has 0 radical (unpaired) electrons. The van der Waals surface area contributed by atoms with E-state index in [0.717, 1.165) is 49.6 Å². The summed E-state index contributed by atoms with van der Waals surface area (Å²) in [6.07, 6.45) is 9.50. The number of nitrogens with one attached hydrogen (secondary N) is 2. The van der Waals surface area contributed by atoms with Crippen LogP contribution in [0.15, 0.2) is 54.2 Å². The zero-order chi connectivity index (χ0) is 24.0. The van der Waals surface area contributed by atoms with Crippen molar-refractivity contribution in [2.45, 2.75) is 50.8 Å². The van der Waals surface area contributed by atoms with Gasteiger partial charge in [0.15, 0.2) is 0 Å². The first-order valence-corrected chi connectivity index (χ1v) is 13.1. The molecule has 9 heteroatoms. The van der Waals surface area contributed by atoms with Crippen molar-refractivity contribution in [3.05, 3.63) is 59.2 Å². The number of pyridine rings is 1. The van der Waals surface area contributed by atoms with E-state index in [4.69, 9.17) is 4.74 Å². The molecule has 1 unspecified atom stereocenters. The smallest absolute Gasteiger partial charge is 0.323 e. The third kappa shape index (κ3) is 6.29. The zero-order valence-corrected chi connectivity index (χ0v) is 20.8. The van der Waals surface area contributed by atoms with Gasteiger partial charge in [-0.05, 0) is 69.5 Å². The summed E-state index contributed by atoms with van der Waals surface area (Å²) in [6, 6.07) is 11.8. The Bertz CT molecular complexity index is 1090. The van der Waals surface area contributed by atoms with Crippen molar-refractivity contribution >= 4 is 34.4 Å². The van der Waals surface area contributed by atoms with E-state index in [0.29, 0.717) is 17.6 Å². The van der Waals surface area contributed by atoms with E-state index < -0.39 is 0 Å². The van der Waals surface area contributed by atoms with E-state index in [1.165, 1.54) is 18.5 Å². The minimum atomic E-state index is -0.297. The van der Waals surface area contributed by atoms with E-state index in [1.54, 1.807) is 23.6 Å². The van der Waals surface area contributed by atoms with Gasteiger partial charge in [-0.15, -0.1) is 11.3 Å². The average molecular weight is 495 g/mol. The second-order valence-electron chi connectivity index (χ2n) is 9.26. The Balaban J connectivity index is 0.00000304. The number of carbonyl (C=O) groups is 1. The largest absolute Gasteiger partial charge is 0.474 e. The quantitative estimate of drug-likeness (QED) is 0.433. The summed E-state index contributed by atoms with van der Waals surface area (Å²) >= 11 is 1.71. The van der Waals surface area contributed by atoms with Crippen molar-refractivity contribution in [2.24, 2.45) is 0 Å². The molecule has 2 aromatic heterocycles. The number of aromatic nitrogens is 2. The molecule has 1 saturated carbocycles. The lowest BCUT2D eigenvalue weighted by Gasteiger charge is -2.24. The second kappa shape index (κ2) is 11.0. The molecule has 0 bridgehead atoms. The Morgan fingerprint density at radius 2 is 1.89 bits per heavy atom. The number of hydrogen-bond acceptors (Lipinski definition) is 7. The highest BCUT2D eigenvalue weighted by molar-refractivity contribution is 7.09. The predicted molar refractivity (Wildman–Crippen MR) is 143 cm³/mol. The van der Waals surface area contributed by atoms with Gasteiger partial charge in [0.05, 0.1) is 18.4 Å². The van der Waals surface area contributed by atoms with Crippen molar-refractivity contribution in [3.63, 3.8) is 0 Å². The third-order valence-corrected chi connectivity index (χ3v) is 7.49. The highest BCUT2D eigenvalue weighted by Gasteiger charge is 2.26. The molecule has 1 aliphatic carbocycles. The fourth-order valence-electron chi connectivity index (χ4n) is 4.76. The van der Waals surface area contributed by atoms with E-state index >= 15 is 0 Å². The van der Waals surface area contributed by atoms with Crippen molar-refractivity contribution < 1.29 is 11.0 Å². The number of ether oxygens (including phenoxy) is 1. The number of urea groups is 1. The molecule has 8 nitrogen and oxygen atoms in total. The van der Waals surface area contributed by atoms with Crippen molar-refractivity contribution in [1.82, 2.24) is 14.9 Å². The lowest BCUT2D eigenvalue weighted by atomic mass is 10.2. The first-order chi connectivity index (χ1) is 17.1. The zero-order valence-electron chi connectivity index (χ0n) is 20.0. The summed E-state index contributed by atoms with van der Waals surface area (Å²) in [5.41, 5.74) is 2.54. The average Bonchev–Trinajstić information content (AvgIpc) is 3.64. The van der Waals surface area contributed by atoms with Gasteiger partial charge in [0.1, 0.15) is 11.1 Å². The highest BCUT2D eigenvalue weighted by Crippen LogP contribution is 2.26. The van der Waals surface area contributed by atoms with Crippen LogP contribution in [0.3, 0.4) is 0 Å². The number of likely N-dealkylation sites (N-methyl/N-ethyl adjacent to an activating group) is 1. The molecule has 2 N–H and O–H groups in total. The Hall–Kier alpha value is -3.17. The number of hydrogen-bond donors (Lipinski definition) is 2. The van der Waals surface area contributed by atoms with E-state index in [9.17, 15) is 4.79 Å².